The maximum Gasteiger partial charge on any atom is 0.268 e. The van der Waals surface area contributed by atoms with Crippen molar-refractivity contribution in [2.45, 2.75) is 10.1 Å². The topological polar surface area (TPSA) is 92.8 Å². The van der Waals surface area contributed by atoms with Gasteiger partial charge in [-0.1, -0.05) is 23.1 Å². The van der Waals surface area contributed by atoms with E-state index in [2.05, 4.69) is 25.5 Å². The summed E-state index contributed by atoms with van der Waals surface area (Å²) in [5.41, 5.74) is 1.54. The number of aromatic amines is 1. The number of nitrogens with zero attached hydrogens (tertiary/aromatic N) is 3. The molecule has 0 aliphatic carbocycles. The van der Waals surface area contributed by atoms with Crippen LogP contribution in [0.25, 0.3) is 10.2 Å². The van der Waals surface area contributed by atoms with Crippen molar-refractivity contribution >= 4 is 55.5 Å². The number of ether oxygens (including phenoxy) is 1. The minimum Gasteiger partial charge on any atom is -0.497 e. The van der Waals surface area contributed by atoms with E-state index in [0.29, 0.717) is 21.4 Å². The summed E-state index contributed by atoms with van der Waals surface area (Å²) in [5, 5.41) is 14.1. The molecule has 10 heteroatoms. The van der Waals surface area contributed by atoms with Gasteiger partial charge < -0.3 is 15.0 Å². The fourth-order valence-corrected chi connectivity index (χ4v) is 4.60. The molecule has 0 saturated carbocycles. The van der Waals surface area contributed by atoms with Crippen molar-refractivity contribution in [2.75, 3.05) is 12.4 Å². The van der Waals surface area contributed by atoms with Crippen molar-refractivity contribution in [3.8, 4) is 5.75 Å². The molecule has 0 aliphatic rings. The third-order valence-electron chi connectivity index (χ3n) is 3.44. The Hall–Kier alpha value is -2.43. The average Bonchev–Trinajstić information content (AvgIpc) is 3.30. The molecule has 0 atom stereocenters. The predicted octanol–water partition coefficient (Wildman–Crippen LogP) is 3.88. The second-order valence-electron chi connectivity index (χ2n) is 5.16. The Bertz CT molecular complexity index is 1090. The second kappa shape index (κ2) is 7.44. The Morgan fingerprint density at radius 3 is 2.88 bits per heavy atom. The molecule has 4 rings (SSSR count). The summed E-state index contributed by atoms with van der Waals surface area (Å²) in [6.45, 7) is 0. The lowest BCUT2D eigenvalue weighted by molar-refractivity contribution is 0.415. The Kier molecular flexibility index (Phi) is 4.87. The number of fused-ring (bicyclic) bond motifs is 1. The molecule has 0 saturated heterocycles. The highest BCUT2D eigenvalue weighted by Crippen LogP contribution is 2.29. The molecule has 26 heavy (non-hydrogen) atoms. The van der Waals surface area contributed by atoms with Gasteiger partial charge in [0.25, 0.3) is 5.56 Å². The molecule has 3 heterocycles. The fourth-order valence-electron chi connectivity index (χ4n) is 2.24. The first-order chi connectivity index (χ1) is 12.7. The van der Waals surface area contributed by atoms with Gasteiger partial charge in [0, 0.05) is 5.69 Å². The van der Waals surface area contributed by atoms with E-state index in [9.17, 15) is 4.79 Å². The number of thiophene rings is 1. The van der Waals surface area contributed by atoms with E-state index in [-0.39, 0.29) is 5.56 Å². The number of H-pyrrole nitrogens is 1. The van der Waals surface area contributed by atoms with E-state index in [0.717, 1.165) is 21.3 Å². The highest BCUT2D eigenvalue weighted by molar-refractivity contribution is 8.00. The first kappa shape index (κ1) is 17.0. The molecule has 3 aromatic heterocycles. The Balaban J connectivity index is 1.41. The molecule has 0 bridgehead atoms. The second-order valence-corrected chi connectivity index (χ2v) is 8.28. The smallest absolute Gasteiger partial charge is 0.268 e. The third-order valence-corrected chi connectivity index (χ3v) is 6.33. The number of anilines is 2. The van der Waals surface area contributed by atoms with Crippen molar-refractivity contribution in [3.63, 3.8) is 0 Å². The van der Waals surface area contributed by atoms with E-state index < -0.39 is 0 Å². The molecule has 0 spiro atoms. The number of methoxy groups -OCH3 is 1. The largest absolute Gasteiger partial charge is 0.497 e. The molecule has 0 aliphatic heterocycles. The van der Waals surface area contributed by atoms with Crippen LogP contribution in [0.2, 0.25) is 0 Å². The average molecular weight is 404 g/mol. The van der Waals surface area contributed by atoms with Crippen LogP contribution in [0.5, 0.6) is 5.75 Å². The van der Waals surface area contributed by atoms with Gasteiger partial charge >= 0.3 is 0 Å². The van der Waals surface area contributed by atoms with Crippen molar-refractivity contribution in [1.29, 1.82) is 0 Å². The lowest BCUT2D eigenvalue weighted by Crippen LogP contribution is -2.09. The van der Waals surface area contributed by atoms with Gasteiger partial charge in [-0.05, 0) is 35.7 Å². The molecule has 2 N–H and O–H groups in total. The number of nitrogens with one attached hydrogen (secondary N) is 2. The van der Waals surface area contributed by atoms with E-state index in [4.69, 9.17) is 4.74 Å². The molecule has 1 aromatic carbocycles. The van der Waals surface area contributed by atoms with Gasteiger partial charge in [0.15, 0.2) is 4.34 Å². The van der Waals surface area contributed by atoms with Crippen LogP contribution in [-0.4, -0.2) is 27.3 Å². The van der Waals surface area contributed by atoms with Crippen LogP contribution in [0.15, 0.2) is 44.8 Å². The number of benzene rings is 1. The van der Waals surface area contributed by atoms with E-state index >= 15 is 0 Å². The molecule has 0 radical (unpaired) electrons. The lowest BCUT2D eigenvalue weighted by Gasteiger charge is -2.03. The van der Waals surface area contributed by atoms with Gasteiger partial charge in [-0.15, -0.1) is 21.5 Å². The molecular formula is C16H13N5O2S3. The molecule has 0 amide bonds. The molecular weight excluding hydrogens is 390 g/mol. The summed E-state index contributed by atoms with van der Waals surface area (Å²) >= 11 is 4.33. The summed E-state index contributed by atoms with van der Waals surface area (Å²) in [6, 6.07) is 9.43. The van der Waals surface area contributed by atoms with Crippen LogP contribution < -0.4 is 15.6 Å². The minimum absolute atomic E-state index is 0.0975. The highest BCUT2D eigenvalue weighted by atomic mass is 32.2. The summed E-state index contributed by atoms with van der Waals surface area (Å²) in [4.78, 5) is 19.3. The summed E-state index contributed by atoms with van der Waals surface area (Å²) < 4.78 is 6.59. The van der Waals surface area contributed by atoms with Crippen LogP contribution in [0, 0.1) is 0 Å². The van der Waals surface area contributed by atoms with Gasteiger partial charge in [0.05, 0.1) is 18.4 Å². The number of hydrogen-bond donors (Lipinski definition) is 2. The summed E-state index contributed by atoms with van der Waals surface area (Å²) in [6.07, 6.45) is 0. The van der Waals surface area contributed by atoms with Crippen LogP contribution >= 0.6 is 34.4 Å². The molecule has 0 fully saturated rings. The zero-order valence-corrected chi connectivity index (χ0v) is 16.0. The quantitative estimate of drug-likeness (QED) is 0.472. The minimum atomic E-state index is -0.0975. The van der Waals surface area contributed by atoms with E-state index in [1.807, 2.05) is 35.7 Å². The van der Waals surface area contributed by atoms with E-state index in [1.165, 1.54) is 34.4 Å². The zero-order chi connectivity index (χ0) is 17.9. The molecule has 0 unspecified atom stereocenters. The number of aromatic nitrogens is 4. The normalized spacial score (nSPS) is 11.0. The van der Waals surface area contributed by atoms with Gasteiger partial charge in [0.2, 0.25) is 5.13 Å². The molecule has 4 aromatic rings. The van der Waals surface area contributed by atoms with Crippen molar-refractivity contribution in [2.24, 2.45) is 0 Å². The van der Waals surface area contributed by atoms with Crippen LogP contribution in [0.3, 0.4) is 0 Å². The maximum atomic E-state index is 12.0. The number of thioether (sulfide) groups is 1. The zero-order valence-electron chi connectivity index (χ0n) is 13.6. The Morgan fingerprint density at radius 1 is 1.23 bits per heavy atom. The lowest BCUT2D eigenvalue weighted by atomic mass is 10.3. The van der Waals surface area contributed by atoms with Crippen molar-refractivity contribution in [1.82, 2.24) is 20.2 Å². The Labute approximate surface area is 160 Å². The van der Waals surface area contributed by atoms with Crippen LogP contribution in [0.4, 0.5) is 10.8 Å². The fraction of sp³-hybridized carbons (Fsp3) is 0.125. The third kappa shape index (κ3) is 3.71. The van der Waals surface area contributed by atoms with Gasteiger partial charge in [-0.2, -0.15) is 0 Å². The Morgan fingerprint density at radius 2 is 2.08 bits per heavy atom. The summed E-state index contributed by atoms with van der Waals surface area (Å²) in [7, 11) is 1.63. The van der Waals surface area contributed by atoms with Crippen LogP contribution in [0.1, 0.15) is 5.82 Å². The predicted molar refractivity (Wildman–Crippen MR) is 106 cm³/mol. The van der Waals surface area contributed by atoms with Crippen LogP contribution in [-0.2, 0) is 5.75 Å². The van der Waals surface area contributed by atoms with Gasteiger partial charge in [-0.25, -0.2) is 4.98 Å². The monoisotopic (exact) mass is 403 g/mol. The van der Waals surface area contributed by atoms with Gasteiger partial charge in [0.1, 0.15) is 16.3 Å². The number of hydrogen-bond acceptors (Lipinski definition) is 9. The first-order valence-electron chi connectivity index (χ1n) is 7.55. The molecule has 132 valence electrons. The highest BCUT2D eigenvalue weighted by Gasteiger charge is 2.09. The van der Waals surface area contributed by atoms with Gasteiger partial charge in [-0.3, -0.25) is 4.79 Å². The first-order valence-corrected chi connectivity index (χ1v) is 10.2. The summed E-state index contributed by atoms with van der Waals surface area (Å²) in [5.74, 6) is 1.96. The van der Waals surface area contributed by atoms with Crippen molar-refractivity contribution in [3.05, 3.63) is 51.9 Å². The SMILES string of the molecule is COc1ccc(Nc2nnc(SCc3nc4ccsc4c(=O)[nH]3)s2)cc1. The maximum absolute atomic E-state index is 12.0. The standard InChI is InChI=1S/C16H13N5O2S3/c1-23-10-4-2-9(3-5-10)17-15-20-21-16(26-15)25-8-12-18-11-6-7-24-13(11)14(22)19-12/h2-7H,8H2,1H3,(H,17,20)(H,18,19,22). The number of rotatable bonds is 6. The van der Waals surface area contributed by atoms with E-state index in [1.54, 1.807) is 7.11 Å². The molecule has 7 nitrogen and oxygen atoms in total. The van der Waals surface area contributed by atoms with Crippen molar-refractivity contribution < 1.29 is 4.74 Å².